The van der Waals surface area contributed by atoms with Crippen LogP contribution in [0.3, 0.4) is 0 Å². The van der Waals surface area contributed by atoms with E-state index in [0.717, 1.165) is 15.8 Å². The molecule has 1 aliphatic heterocycles. The Morgan fingerprint density at radius 3 is 2.67 bits per heavy atom. The fourth-order valence-electron chi connectivity index (χ4n) is 2.67. The minimum absolute atomic E-state index is 0.166. The smallest absolute Gasteiger partial charge is 0.229 e. The molecule has 1 unspecified atom stereocenters. The lowest BCUT2D eigenvalue weighted by molar-refractivity contribution is -0.120. The minimum Gasteiger partial charge on any atom is -0.494 e. The average Bonchev–Trinajstić information content (AvgIpc) is 2.66. The van der Waals surface area contributed by atoms with Gasteiger partial charge in [0.1, 0.15) is 5.75 Å². The summed E-state index contributed by atoms with van der Waals surface area (Å²) >= 11 is 3.39. The van der Waals surface area contributed by atoms with E-state index in [0.29, 0.717) is 13.0 Å². The summed E-state index contributed by atoms with van der Waals surface area (Å²) in [5.74, 6) is 0.607. The van der Waals surface area contributed by atoms with E-state index in [4.69, 9.17) is 4.74 Å². The molecule has 1 aliphatic rings. The highest BCUT2D eigenvalue weighted by Gasteiger charge is 2.23. The number of nitrogens with zero attached hydrogens (tertiary/aromatic N) is 1. The van der Waals surface area contributed by atoms with Crippen LogP contribution in [0.2, 0.25) is 0 Å². The third-order valence-electron chi connectivity index (χ3n) is 3.99. The molecular weight excluding hydrogens is 410 g/mol. The zero-order valence-electron chi connectivity index (χ0n) is 14.7. The van der Waals surface area contributed by atoms with Crippen LogP contribution in [-0.4, -0.2) is 24.4 Å². The van der Waals surface area contributed by atoms with Gasteiger partial charge in [-0.15, -0.1) is 0 Å². The van der Waals surface area contributed by atoms with Crippen LogP contribution in [0.25, 0.3) is 0 Å². The number of para-hydroxylation sites is 1. The van der Waals surface area contributed by atoms with Crippen molar-refractivity contribution < 1.29 is 14.3 Å². The van der Waals surface area contributed by atoms with Gasteiger partial charge in [0, 0.05) is 10.9 Å². The lowest BCUT2D eigenvalue weighted by atomic mass is 10.0. The highest BCUT2D eigenvalue weighted by atomic mass is 79.9. The first-order chi connectivity index (χ1) is 13.1. The Morgan fingerprint density at radius 2 is 1.93 bits per heavy atom. The second-order valence-electron chi connectivity index (χ2n) is 6.11. The first kappa shape index (κ1) is 19.1. The van der Waals surface area contributed by atoms with Gasteiger partial charge < -0.3 is 4.74 Å². The van der Waals surface area contributed by atoms with Crippen LogP contribution >= 0.6 is 15.9 Å². The molecule has 1 atom stereocenters. The molecule has 0 saturated heterocycles. The predicted octanol–water partition coefficient (Wildman–Crippen LogP) is 3.34. The molecule has 3 rings (SSSR count). The SMILES string of the molecule is O=C(CCCOc1ccccc1)NC1=NC(c2ccc(Br)cc2)CC(=O)N1. The molecule has 0 fully saturated rings. The summed E-state index contributed by atoms with van der Waals surface area (Å²) in [6, 6.07) is 16.8. The zero-order chi connectivity index (χ0) is 19.1. The average molecular weight is 430 g/mol. The standard InChI is InChI=1S/C20H20BrN3O3/c21-15-10-8-14(9-11-15)17-13-19(26)24-20(22-17)23-18(25)7-4-12-27-16-5-2-1-3-6-16/h1-3,5-6,8-11,17H,4,7,12-13H2,(H2,22,23,24,25,26). The Morgan fingerprint density at radius 1 is 1.19 bits per heavy atom. The largest absolute Gasteiger partial charge is 0.494 e. The Bertz CT molecular complexity index is 822. The van der Waals surface area contributed by atoms with Gasteiger partial charge in [-0.05, 0) is 36.2 Å². The van der Waals surface area contributed by atoms with Crippen LogP contribution in [-0.2, 0) is 9.59 Å². The zero-order valence-corrected chi connectivity index (χ0v) is 16.2. The molecule has 0 bridgehead atoms. The van der Waals surface area contributed by atoms with Gasteiger partial charge >= 0.3 is 0 Å². The number of carbonyl (C=O) groups is 2. The fraction of sp³-hybridized carbons (Fsp3) is 0.250. The Kier molecular flexibility index (Phi) is 6.59. The van der Waals surface area contributed by atoms with Crippen molar-refractivity contribution in [2.45, 2.75) is 25.3 Å². The predicted molar refractivity (Wildman–Crippen MR) is 106 cm³/mol. The molecular formula is C20H20BrN3O3. The maximum Gasteiger partial charge on any atom is 0.229 e. The van der Waals surface area contributed by atoms with Gasteiger partial charge in [0.05, 0.1) is 19.1 Å². The Hall–Kier alpha value is -2.67. The van der Waals surface area contributed by atoms with Crippen molar-refractivity contribution in [3.63, 3.8) is 0 Å². The fourth-order valence-corrected chi connectivity index (χ4v) is 2.93. The van der Waals surface area contributed by atoms with Gasteiger partial charge in [-0.1, -0.05) is 46.3 Å². The van der Waals surface area contributed by atoms with Crippen molar-refractivity contribution in [1.82, 2.24) is 10.6 Å². The van der Waals surface area contributed by atoms with Gasteiger partial charge in [-0.3, -0.25) is 20.2 Å². The first-order valence-corrected chi connectivity index (χ1v) is 9.50. The minimum atomic E-state index is -0.302. The van der Waals surface area contributed by atoms with E-state index in [1.165, 1.54) is 0 Å². The number of amides is 2. The van der Waals surface area contributed by atoms with Crippen molar-refractivity contribution in [3.8, 4) is 5.75 Å². The summed E-state index contributed by atoms with van der Waals surface area (Å²) in [5.41, 5.74) is 0.927. The summed E-state index contributed by atoms with van der Waals surface area (Å²) in [7, 11) is 0. The van der Waals surface area contributed by atoms with E-state index >= 15 is 0 Å². The van der Waals surface area contributed by atoms with Crippen LogP contribution < -0.4 is 15.4 Å². The number of hydrogen-bond donors (Lipinski definition) is 2. The number of carbonyl (C=O) groups excluding carboxylic acids is 2. The maximum absolute atomic E-state index is 12.1. The Balaban J connectivity index is 1.50. The number of benzene rings is 2. The van der Waals surface area contributed by atoms with Gasteiger partial charge in [0.2, 0.25) is 17.8 Å². The van der Waals surface area contributed by atoms with E-state index in [1.54, 1.807) is 0 Å². The second kappa shape index (κ2) is 9.32. The highest BCUT2D eigenvalue weighted by Crippen LogP contribution is 2.24. The summed E-state index contributed by atoms with van der Waals surface area (Å²) < 4.78 is 6.52. The van der Waals surface area contributed by atoms with Gasteiger partial charge in [0.25, 0.3) is 0 Å². The monoisotopic (exact) mass is 429 g/mol. The number of nitrogens with one attached hydrogen (secondary N) is 2. The van der Waals surface area contributed by atoms with Crippen LogP contribution in [0.1, 0.15) is 30.9 Å². The third kappa shape index (κ3) is 5.92. The van der Waals surface area contributed by atoms with Gasteiger partial charge in [0.15, 0.2) is 0 Å². The van der Waals surface area contributed by atoms with E-state index in [1.807, 2.05) is 54.6 Å². The topological polar surface area (TPSA) is 79.8 Å². The van der Waals surface area contributed by atoms with Crippen LogP contribution in [0, 0.1) is 0 Å². The van der Waals surface area contributed by atoms with Gasteiger partial charge in [-0.2, -0.15) is 0 Å². The van der Waals surface area contributed by atoms with Crippen molar-refractivity contribution >= 4 is 33.7 Å². The number of aliphatic imine (C=N–C) groups is 1. The number of halogens is 1. The summed E-state index contributed by atoms with van der Waals surface area (Å²) in [4.78, 5) is 28.5. The molecule has 0 saturated carbocycles. The van der Waals surface area contributed by atoms with Crippen LogP contribution in [0.15, 0.2) is 64.1 Å². The first-order valence-electron chi connectivity index (χ1n) is 8.71. The molecule has 2 N–H and O–H groups in total. The Labute approximate surface area is 166 Å². The van der Waals surface area contributed by atoms with Crippen LogP contribution in [0.4, 0.5) is 0 Å². The molecule has 2 amide bonds. The summed E-state index contributed by atoms with van der Waals surface area (Å²) in [6.45, 7) is 0.442. The maximum atomic E-state index is 12.1. The summed E-state index contributed by atoms with van der Waals surface area (Å²) in [6.07, 6.45) is 1.11. The molecule has 2 aromatic carbocycles. The molecule has 0 radical (unpaired) electrons. The van der Waals surface area contributed by atoms with Crippen molar-refractivity contribution in [2.75, 3.05) is 6.61 Å². The molecule has 27 heavy (non-hydrogen) atoms. The second-order valence-corrected chi connectivity index (χ2v) is 7.03. The van der Waals surface area contributed by atoms with E-state index in [2.05, 4.69) is 31.6 Å². The molecule has 6 nitrogen and oxygen atoms in total. The normalized spacial score (nSPS) is 16.3. The van der Waals surface area contributed by atoms with E-state index < -0.39 is 0 Å². The quantitative estimate of drug-likeness (QED) is 0.690. The third-order valence-corrected chi connectivity index (χ3v) is 4.52. The molecule has 2 aromatic rings. The highest BCUT2D eigenvalue weighted by molar-refractivity contribution is 9.10. The van der Waals surface area contributed by atoms with Crippen molar-refractivity contribution in [3.05, 3.63) is 64.6 Å². The van der Waals surface area contributed by atoms with Crippen molar-refractivity contribution in [2.24, 2.45) is 4.99 Å². The molecule has 1 heterocycles. The molecule has 7 heteroatoms. The van der Waals surface area contributed by atoms with Crippen LogP contribution in [0.5, 0.6) is 5.75 Å². The molecule has 0 aromatic heterocycles. The van der Waals surface area contributed by atoms with Gasteiger partial charge in [-0.25, -0.2) is 4.99 Å². The van der Waals surface area contributed by atoms with E-state index in [9.17, 15) is 9.59 Å². The summed E-state index contributed by atoms with van der Waals surface area (Å²) in [5, 5.41) is 5.29. The van der Waals surface area contributed by atoms with E-state index in [-0.39, 0.29) is 36.7 Å². The number of guanidine groups is 1. The number of hydrogen-bond acceptors (Lipinski definition) is 4. The lowest BCUT2D eigenvalue weighted by Crippen LogP contribution is -2.47. The lowest BCUT2D eigenvalue weighted by Gasteiger charge is -2.21. The molecule has 0 spiro atoms. The number of ether oxygens (including phenoxy) is 1. The molecule has 0 aliphatic carbocycles. The number of rotatable bonds is 6. The van der Waals surface area contributed by atoms with Crippen molar-refractivity contribution in [1.29, 1.82) is 0 Å². The molecule has 140 valence electrons.